The monoisotopic (exact) mass is 447 g/mol. The zero-order chi connectivity index (χ0) is 22.4. The van der Waals surface area contributed by atoms with Crippen LogP contribution in [0.1, 0.15) is 18.9 Å². The number of nitro benzene ring substituents is 1. The molecular formula is C20H18ClN3O7. The summed E-state index contributed by atoms with van der Waals surface area (Å²) in [5.74, 6) is -2.62. The van der Waals surface area contributed by atoms with Crippen LogP contribution < -0.4 is 4.74 Å². The molecule has 1 aromatic carbocycles. The van der Waals surface area contributed by atoms with Crippen LogP contribution in [0.25, 0.3) is 0 Å². The van der Waals surface area contributed by atoms with E-state index in [4.69, 9.17) is 16.3 Å². The number of amides is 2. The number of ether oxygens (including phenoxy) is 2. The number of benzene rings is 1. The van der Waals surface area contributed by atoms with Crippen LogP contribution in [0.3, 0.4) is 0 Å². The first-order valence-corrected chi connectivity index (χ1v) is 9.93. The Hall–Kier alpha value is -3.27. The third kappa shape index (κ3) is 3.46. The van der Waals surface area contributed by atoms with Crippen molar-refractivity contribution in [2.24, 2.45) is 28.8 Å². The topological polar surface area (TPSA) is 128 Å². The molecule has 1 aliphatic heterocycles. The van der Waals surface area contributed by atoms with Crippen molar-refractivity contribution in [3.63, 3.8) is 0 Å². The quantitative estimate of drug-likeness (QED) is 0.163. The molecule has 0 unspecified atom stereocenters. The van der Waals surface area contributed by atoms with Crippen LogP contribution in [0.15, 0.2) is 29.4 Å². The van der Waals surface area contributed by atoms with Crippen molar-refractivity contribution in [2.75, 3.05) is 7.11 Å². The van der Waals surface area contributed by atoms with Gasteiger partial charge in [-0.2, -0.15) is 10.1 Å². The molecule has 11 heteroatoms. The average Bonchev–Trinajstić information content (AvgIpc) is 3.41. The maximum atomic E-state index is 12.8. The summed E-state index contributed by atoms with van der Waals surface area (Å²) in [7, 11) is 1.16. The van der Waals surface area contributed by atoms with Crippen molar-refractivity contribution in [2.45, 2.75) is 19.4 Å². The number of rotatable bonds is 6. The van der Waals surface area contributed by atoms with E-state index in [1.807, 2.05) is 12.2 Å². The zero-order valence-corrected chi connectivity index (χ0v) is 17.3. The molecule has 31 heavy (non-hydrogen) atoms. The van der Waals surface area contributed by atoms with Gasteiger partial charge in [0.15, 0.2) is 6.10 Å². The third-order valence-electron chi connectivity index (χ3n) is 5.85. The lowest BCUT2D eigenvalue weighted by Crippen LogP contribution is -2.28. The van der Waals surface area contributed by atoms with Gasteiger partial charge >= 0.3 is 11.7 Å². The SMILES string of the molecule is COC(=O)[C@H](C)Oc1c(C=NN2C(=O)[C@@H]3[C@H](C2=O)[C@H]2C=C[C@H]3C2)cc(Cl)cc1[N+](=O)[O-]. The molecule has 3 aliphatic rings. The molecule has 4 rings (SSSR count). The van der Waals surface area contributed by atoms with Crippen LogP contribution in [-0.2, 0) is 19.1 Å². The largest absolute Gasteiger partial charge is 0.471 e. The molecule has 2 amide bonds. The first-order valence-electron chi connectivity index (χ1n) is 9.55. The molecule has 1 heterocycles. The van der Waals surface area contributed by atoms with Gasteiger partial charge in [-0.1, -0.05) is 23.8 Å². The molecule has 1 aromatic rings. The lowest BCUT2D eigenvalue weighted by molar-refractivity contribution is -0.386. The lowest BCUT2D eigenvalue weighted by atomic mass is 9.85. The molecule has 10 nitrogen and oxygen atoms in total. The Bertz CT molecular complexity index is 1020. The molecule has 0 radical (unpaired) electrons. The van der Waals surface area contributed by atoms with Gasteiger partial charge in [0.2, 0.25) is 5.75 Å². The smallest absolute Gasteiger partial charge is 0.346 e. The number of hydrogen-bond acceptors (Lipinski definition) is 8. The van der Waals surface area contributed by atoms with Gasteiger partial charge in [0.1, 0.15) is 0 Å². The fourth-order valence-corrected chi connectivity index (χ4v) is 4.69. The molecule has 5 atom stereocenters. The van der Waals surface area contributed by atoms with Crippen molar-refractivity contribution in [3.8, 4) is 5.75 Å². The molecule has 162 valence electrons. The van der Waals surface area contributed by atoms with Crippen molar-refractivity contribution in [3.05, 3.63) is 45.0 Å². The fourth-order valence-electron chi connectivity index (χ4n) is 4.47. The number of hydrogen-bond donors (Lipinski definition) is 0. The number of nitrogens with zero attached hydrogens (tertiary/aromatic N) is 3. The molecule has 2 aliphatic carbocycles. The number of hydrazone groups is 1. The highest BCUT2D eigenvalue weighted by molar-refractivity contribution is 6.31. The van der Waals surface area contributed by atoms with E-state index in [2.05, 4.69) is 9.84 Å². The number of carbonyl (C=O) groups is 3. The van der Waals surface area contributed by atoms with Crippen molar-refractivity contribution >= 4 is 41.3 Å². The number of halogens is 1. The summed E-state index contributed by atoms with van der Waals surface area (Å²) in [6.45, 7) is 1.36. The molecule has 0 aromatic heterocycles. The summed E-state index contributed by atoms with van der Waals surface area (Å²) in [4.78, 5) is 48.1. The van der Waals surface area contributed by atoms with E-state index in [-0.39, 0.29) is 28.2 Å². The van der Waals surface area contributed by atoms with E-state index in [0.29, 0.717) is 0 Å². The van der Waals surface area contributed by atoms with Gasteiger partial charge in [-0.05, 0) is 31.2 Å². The summed E-state index contributed by atoms with van der Waals surface area (Å²) < 4.78 is 10.1. The average molecular weight is 448 g/mol. The lowest BCUT2D eigenvalue weighted by Gasteiger charge is -2.15. The number of carbonyl (C=O) groups excluding carboxylic acids is 3. The van der Waals surface area contributed by atoms with E-state index in [0.717, 1.165) is 30.8 Å². The number of imide groups is 1. The van der Waals surface area contributed by atoms with Gasteiger partial charge in [0.25, 0.3) is 11.8 Å². The zero-order valence-electron chi connectivity index (χ0n) is 16.6. The third-order valence-corrected chi connectivity index (χ3v) is 6.06. The minimum atomic E-state index is -1.16. The molecule has 2 bridgehead atoms. The van der Waals surface area contributed by atoms with Crippen LogP contribution in [0.2, 0.25) is 5.02 Å². The van der Waals surface area contributed by atoms with Gasteiger partial charge in [-0.15, -0.1) is 0 Å². The Morgan fingerprint density at radius 2 is 1.90 bits per heavy atom. The maximum Gasteiger partial charge on any atom is 0.346 e. The van der Waals surface area contributed by atoms with Gasteiger partial charge in [-0.25, -0.2) is 4.79 Å². The predicted octanol–water partition coefficient (Wildman–Crippen LogP) is 2.33. The first kappa shape index (κ1) is 21.0. The van der Waals surface area contributed by atoms with Crippen LogP contribution in [0.5, 0.6) is 5.75 Å². The van der Waals surface area contributed by atoms with Crippen LogP contribution in [0.4, 0.5) is 5.69 Å². The summed E-state index contributed by atoms with van der Waals surface area (Å²) in [6.07, 6.45) is 4.65. The fraction of sp³-hybridized carbons (Fsp3) is 0.400. The second-order valence-electron chi connectivity index (χ2n) is 7.62. The van der Waals surface area contributed by atoms with E-state index < -0.39 is 46.3 Å². The normalized spacial score (nSPS) is 27.1. The molecule has 0 spiro atoms. The number of esters is 1. The van der Waals surface area contributed by atoms with E-state index in [1.54, 1.807) is 0 Å². The molecule has 2 fully saturated rings. The molecule has 1 saturated heterocycles. The van der Waals surface area contributed by atoms with E-state index in [1.165, 1.54) is 13.0 Å². The van der Waals surface area contributed by atoms with Crippen LogP contribution in [-0.4, -0.2) is 47.1 Å². The minimum absolute atomic E-state index is 0.0180. The van der Waals surface area contributed by atoms with Crippen molar-refractivity contribution < 1.29 is 28.8 Å². The standard InChI is InChI=1S/C20H18ClN3O7/c1-9(20(27)30-2)31-17-12(6-13(21)7-14(17)24(28)29)8-22-23-18(25)15-10-3-4-11(5-10)16(15)19(23)26/h3-4,6-11,15-16H,5H2,1-2H3/t9-,10-,11-,15-,16+/m0/s1. The minimum Gasteiger partial charge on any atom is -0.471 e. The highest BCUT2D eigenvalue weighted by Gasteiger charge is 2.59. The first-order chi connectivity index (χ1) is 14.7. The Kier molecular flexibility index (Phi) is 5.26. The predicted molar refractivity (Wildman–Crippen MR) is 107 cm³/mol. The van der Waals surface area contributed by atoms with Gasteiger partial charge in [-0.3, -0.25) is 19.7 Å². The van der Waals surface area contributed by atoms with Crippen LogP contribution in [0, 0.1) is 33.8 Å². The number of allylic oxidation sites excluding steroid dienone is 2. The van der Waals surface area contributed by atoms with Crippen molar-refractivity contribution in [1.82, 2.24) is 5.01 Å². The Labute approximate surface area is 181 Å². The number of fused-ring (bicyclic) bond motifs is 5. The summed E-state index contributed by atoms with van der Waals surface area (Å²) >= 11 is 6.00. The summed E-state index contributed by atoms with van der Waals surface area (Å²) in [5.41, 5.74) is -0.461. The highest BCUT2D eigenvalue weighted by atomic mass is 35.5. The highest BCUT2D eigenvalue weighted by Crippen LogP contribution is 2.52. The maximum absolute atomic E-state index is 12.8. The Balaban J connectivity index is 1.67. The second-order valence-corrected chi connectivity index (χ2v) is 8.05. The molecule has 1 saturated carbocycles. The summed E-state index contributed by atoms with van der Waals surface area (Å²) in [6, 6.07) is 2.40. The number of nitro groups is 1. The van der Waals surface area contributed by atoms with Gasteiger partial charge in [0.05, 0.1) is 30.1 Å². The molecule has 0 N–H and O–H groups in total. The van der Waals surface area contributed by atoms with Gasteiger partial charge < -0.3 is 9.47 Å². The Morgan fingerprint density at radius 1 is 1.29 bits per heavy atom. The molecular weight excluding hydrogens is 430 g/mol. The van der Waals surface area contributed by atoms with E-state index >= 15 is 0 Å². The second kappa shape index (κ2) is 7.77. The number of methoxy groups -OCH3 is 1. The van der Waals surface area contributed by atoms with Crippen molar-refractivity contribution in [1.29, 1.82) is 0 Å². The van der Waals surface area contributed by atoms with Crippen LogP contribution >= 0.6 is 11.6 Å². The Morgan fingerprint density at radius 3 is 2.45 bits per heavy atom. The van der Waals surface area contributed by atoms with Gasteiger partial charge in [0, 0.05) is 16.7 Å². The van der Waals surface area contributed by atoms with E-state index in [9.17, 15) is 24.5 Å². The summed E-state index contributed by atoms with van der Waals surface area (Å²) in [5, 5.41) is 16.3.